The predicted octanol–water partition coefficient (Wildman–Crippen LogP) is 2.34. The number of sulfonamides is 1. The Morgan fingerprint density at radius 2 is 1.93 bits per heavy atom. The molecule has 10 heteroatoms. The predicted molar refractivity (Wildman–Crippen MR) is 104 cm³/mol. The Balaban J connectivity index is 1.59. The van der Waals surface area contributed by atoms with Crippen LogP contribution in [0, 0.1) is 0 Å². The summed E-state index contributed by atoms with van der Waals surface area (Å²) in [5, 5.41) is 4.47. The van der Waals surface area contributed by atoms with Crippen molar-refractivity contribution in [2.24, 2.45) is 0 Å². The maximum absolute atomic E-state index is 12.6. The molecule has 0 spiro atoms. The highest BCUT2D eigenvalue weighted by Gasteiger charge is 2.27. The molecule has 1 aliphatic heterocycles. The third-order valence-corrected chi connectivity index (χ3v) is 5.19. The highest BCUT2D eigenvalue weighted by Crippen LogP contribution is 2.18. The summed E-state index contributed by atoms with van der Waals surface area (Å²) < 4.78 is 25.3. The van der Waals surface area contributed by atoms with E-state index in [0.717, 1.165) is 11.8 Å². The Bertz CT molecular complexity index is 932. The molecule has 1 aromatic heterocycles. The van der Waals surface area contributed by atoms with Gasteiger partial charge in [-0.15, -0.1) is 0 Å². The average molecular weight is 408 g/mol. The summed E-state index contributed by atoms with van der Waals surface area (Å²) in [5.74, 6) is 0.354. The molecular weight excluding hydrogens is 390 g/mol. The van der Waals surface area contributed by atoms with Gasteiger partial charge in [0, 0.05) is 35.8 Å². The van der Waals surface area contributed by atoms with Crippen LogP contribution in [0.3, 0.4) is 0 Å². The van der Waals surface area contributed by atoms with Crippen LogP contribution in [-0.2, 0) is 10.0 Å². The third-order valence-electron chi connectivity index (χ3n) is 4.04. The van der Waals surface area contributed by atoms with E-state index in [1.807, 2.05) is 0 Å². The lowest BCUT2D eigenvalue weighted by molar-refractivity contribution is 0.0791. The summed E-state index contributed by atoms with van der Waals surface area (Å²) in [6.45, 7) is 4.36. The van der Waals surface area contributed by atoms with E-state index in [2.05, 4.69) is 26.6 Å². The Hall–Kier alpha value is -2.65. The van der Waals surface area contributed by atoms with Crippen LogP contribution in [0.25, 0.3) is 0 Å². The number of amides is 1. The molecule has 1 amide bonds. The second-order valence-electron chi connectivity index (χ2n) is 6.00. The van der Waals surface area contributed by atoms with Crippen molar-refractivity contribution < 1.29 is 13.2 Å². The number of aromatic nitrogens is 2. The lowest BCUT2D eigenvalue weighted by Crippen LogP contribution is -2.31. The van der Waals surface area contributed by atoms with Crippen molar-refractivity contribution in [3.63, 3.8) is 0 Å². The molecule has 3 rings (SSSR count). The van der Waals surface area contributed by atoms with Crippen molar-refractivity contribution in [3.8, 4) is 0 Å². The van der Waals surface area contributed by atoms with Crippen molar-refractivity contribution in [2.75, 3.05) is 23.1 Å². The third kappa shape index (κ3) is 4.95. The molecule has 1 saturated heterocycles. The summed E-state index contributed by atoms with van der Waals surface area (Å²) in [7, 11) is -3.57. The molecule has 1 aromatic carbocycles. The van der Waals surface area contributed by atoms with Gasteiger partial charge in [0.05, 0.1) is 17.4 Å². The Kier molecular flexibility index (Phi) is 5.62. The number of hydrogen-bond acceptors (Lipinski definition) is 6. The molecule has 2 heterocycles. The van der Waals surface area contributed by atoms with E-state index >= 15 is 0 Å². The number of benzene rings is 1. The second kappa shape index (κ2) is 7.93. The SMILES string of the molecule is C=CS(=O)(=O)Nc1ccc(C(=O)N2CC[C@@H](Nc3ncc(Cl)cn3)C2)cc1. The monoisotopic (exact) mass is 407 g/mol. The largest absolute Gasteiger partial charge is 0.350 e. The van der Waals surface area contributed by atoms with Crippen molar-refractivity contribution in [1.29, 1.82) is 0 Å². The van der Waals surface area contributed by atoms with Gasteiger partial charge < -0.3 is 10.2 Å². The molecule has 2 N–H and O–H groups in total. The van der Waals surface area contributed by atoms with Gasteiger partial charge in [-0.3, -0.25) is 9.52 Å². The molecule has 0 bridgehead atoms. The van der Waals surface area contributed by atoms with Gasteiger partial charge in [-0.25, -0.2) is 18.4 Å². The minimum Gasteiger partial charge on any atom is -0.350 e. The van der Waals surface area contributed by atoms with Crippen LogP contribution in [0.4, 0.5) is 11.6 Å². The van der Waals surface area contributed by atoms with Crippen LogP contribution in [0.5, 0.6) is 0 Å². The van der Waals surface area contributed by atoms with E-state index in [1.54, 1.807) is 29.2 Å². The Morgan fingerprint density at radius 3 is 2.56 bits per heavy atom. The van der Waals surface area contributed by atoms with Crippen molar-refractivity contribution in [1.82, 2.24) is 14.9 Å². The quantitative estimate of drug-likeness (QED) is 0.761. The number of anilines is 2. The van der Waals surface area contributed by atoms with E-state index in [9.17, 15) is 13.2 Å². The fourth-order valence-electron chi connectivity index (χ4n) is 2.70. The minimum atomic E-state index is -3.57. The molecule has 0 saturated carbocycles. The van der Waals surface area contributed by atoms with Gasteiger partial charge in [0.25, 0.3) is 15.9 Å². The number of rotatable bonds is 6. The van der Waals surface area contributed by atoms with Gasteiger partial charge in [-0.1, -0.05) is 18.2 Å². The number of hydrogen-bond donors (Lipinski definition) is 2. The zero-order valence-corrected chi connectivity index (χ0v) is 15.9. The Labute approximate surface area is 162 Å². The van der Waals surface area contributed by atoms with E-state index in [4.69, 9.17) is 11.6 Å². The number of carbonyl (C=O) groups is 1. The molecule has 1 atom stereocenters. The zero-order chi connectivity index (χ0) is 19.4. The lowest BCUT2D eigenvalue weighted by atomic mass is 10.2. The molecule has 27 heavy (non-hydrogen) atoms. The van der Waals surface area contributed by atoms with Crippen LogP contribution in [0.2, 0.25) is 5.02 Å². The highest BCUT2D eigenvalue weighted by molar-refractivity contribution is 7.95. The van der Waals surface area contributed by atoms with Crippen LogP contribution in [0.15, 0.2) is 48.6 Å². The number of nitrogens with one attached hydrogen (secondary N) is 2. The summed E-state index contributed by atoms with van der Waals surface area (Å²) >= 11 is 5.77. The molecular formula is C17H18ClN5O3S. The van der Waals surface area contributed by atoms with Gasteiger partial charge in [-0.2, -0.15) is 0 Å². The molecule has 0 radical (unpaired) electrons. The van der Waals surface area contributed by atoms with Gasteiger partial charge in [0.2, 0.25) is 5.95 Å². The van der Waals surface area contributed by atoms with Crippen LogP contribution >= 0.6 is 11.6 Å². The van der Waals surface area contributed by atoms with Crippen molar-refractivity contribution in [3.05, 3.63) is 59.2 Å². The normalized spacial score (nSPS) is 16.8. The zero-order valence-electron chi connectivity index (χ0n) is 14.3. The molecule has 8 nitrogen and oxygen atoms in total. The topological polar surface area (TPSA) is 104 Å². The minimum absolute atomic E-state index is 0.0498. The van der Waals surface area contributed by atoms with E-state index in [0.29, 0.717) is 35.3 Å². The highest BCUT2D eigenvalue weighted by atomic mass is 35.5. The van der Waals surface area contributed by atoms with Crippen molar-refractivity contribution >= 4 is 39.2 Å². The number of halogens is 1. The van der Waals surface area contributed by atoms with Crippen LogP contribution in [0.1, 0.15) is 16.8 Å². The van der Waals surface area contributed by atoms with Gasteiger partial charge in [-0.05, 0) is 30.7 Å². The molecule has 2 aromatic rings. The lowest BCUT2D eigenvalue weighted by Gasteiger charge is -2.17. The first kappa shape index (κ1) is 19.1. The molecule has 142 valence electrons. The first-order valence-corrected chi connectivity index (χ1v) is 10.1. The summed E-state index contributed by atoms with van der Waals surface area (Å²) in [4.78, 5) is 22.6. The van der Waals surface area contributed by atoms with E-state index in [-0.39, 0.29) is 11.9 Å². The first-order valence-electron chi connectivity index (χ1n) is 8.15. The molecule has 1 aliphatic rings. The molecule has 0 aliphatic carbocycles. The average Bonchev–Trinajstić information content (AvgIpc) is 3.12. The smallest absolute Gasteiger partial charge is 0.254 e. The maximum atomic E-state index is 12.6. The van der Waals surface area contributed by atoms with Crippen molar-refractivity contribution in [2.45, 2.75) is 12.5 Å². The second-order valence-corrected chi connectivity index (χ2v) is 8.06. The van der Waals surface area contributed by atoms with Crippen LogP contribution < -0.4 is 10.0 Å². The maximum Gasteiger partial charge on any atom is 0.254 e. The molecule has 0 unspecified atom stereocenters. The number of likely N-dealkylation sites (tertiary alicyclic amines) is 1. The summed E-state index contributed by atoms with van der Waals surface area (Å²) in [5.41, 5.74) is 0.854. The fourth-order valence-corrected chi connectivity index (χ4v) is 3.35. The fraction of sp³-hybridized carbons (Fsp3) is 0.235. The van der Waals surface area contributed by atoms with E-state index < -0.39 is 10.0 Å². The number of nitrogens with zero attached hydrogens (tertiary/aromatic N) is 3. The first-order chi connectivity index (χ1) is 12.9. The van der Waals surface area contributed by atoms with Gasteiger partial charge >= 0.3 is 0 Å². The van der Waals surface area contributed by atoms with Crippen LogP contribution in [-0.4, -0.2) is 48.3 Å². The van der Waals surface area contributed by atoms with Gasteiger partial charge in [0.1, 0.15) is 0 Å². The summed E-state index contributed by atoms with van der Waals surface area (Å²) in [6.07, 6.45) is 3.79. The number of carbonyl (C=O) groups excluding carboxylic acids is 1. The summed E-state index contributed by atoms with van der Waals surface area (Å²) in [6, 6.07) is 6.32. The standard InChI is InChI=1S/C17H18ClN5O3S/c1-2-27(25,26)22-14-5-3-12(4-6-14)16(24)23-8-7-15(11-23)21-17-19-9-13(18)10-20-17/h2-6,9-10,15,22H,1,7-8,11H2,(H,19,20,21)/t15-/m1/s1. The Morgan fingerprint density at radius 1 is 1.26 bits per heavy atom. The van der Waals surface area contributed by atoms with Gasteiger partial charge in [0.15, 0.2) is 0 Å². The molecule has 1 fully saturated rings. The van der Waals surface area contributed by atoms with E-state index in [1.165, 1.54) is 12.4 Å².